The highest BCUT2D eigenvalue weighted by atomic mass is 19.1. The Hall–Kier alpha value is -1.00. The number of nitrogens with one attached hydrogen (secondary N) is 2. The van der Waals surface area contributed by atoms with Gasteiger partial charge in [-0.15, -0.1) is 0 Å². The van der Waals surface area contributed by atoms with Gasteiger partial charge in [0.2, 0.25) is 0 Å². The number of hydrogen-bond acceptors (Lipinski definition) is 2. The van der Waals surface area contributed by atoms with Crippen molar-refractivity contribution in [2.24, 2.45) is 0 Å². The van der Waals surface area contributed by atoms with Gasteiger partial charge >= 0.3 is 0 Å². The normalized spacial score (nSPS) is 25.7. The Morgan fingerprint density at radius 1 is 1.25 bits per heavy atom. The molecule has 0 bridgehead atoms. The van der Waals surface area contributed by atoms with E-state index in [0.29, 0.717) is 11.6 Å². The summed E-state index contributed by atoms with van der Waals surface area (Å²) in [7, 11) is 1.92. The molecule has 1 aliphatic heterocycles. The number of rotatable bonds is 2. The van der Waals surface area contributed by atoms with Crippen molar-refractivity contribution >= 4 is 0 Å². The second kappa shape index (κ2) is 4.89. The Labute approximate surface area is 94.0 Å². The number of halogens is 2. The molecule has 1 heterocycles. The lowest BCUT2D eigenvalue weighted by Gasteiger charge is -2.30. The van der Waals surface area contributed by atoms with Crippen LogP contribution in [0.15, 0.2) is 18.2 Å². The first-order chi connectivity index (χ1) is 7.69. The van der Waals surface area contributed by atoms with Crippen LogP contribution in [0.2, 0.25) is 0 Å². The lowest BCUT2D eigenvalue weighted by Crippen LogP contribution is -2.40. The van der Waals surface area contributed by atoms with E-state index in [9.17, 15) is 8.78 Å². The Bertz CT molecular complexity index is 348. The molecule has 1 fully saturated rings. The molecule has 1 aromatic carbocycles. The second-order valence-corrected chi connectivity index (χ2v) is 4.22. The molecule has 0 aliphatic carbocycles. The van der Waals surface area contributed by atoms with Crippen LogP contribution >= 0.6 is 0 Å². The van der Waals surface area contributed by atoms with E-state index in [1.165, 1.54) is 12.1 Å². The first-order valence-corrected chi connectivity index (χ1v) is 5.55. The first-order valence-electron chi connectivity index (χ1n) is 5.55. The lowest BCUT2D eigenvalue weighted by molar-refractivity contribution is 0.335. The van der Waals surface area contributed by atoms with Crippen molar-refractivity contribution in [3.8, 4) is 0 Å². The Kier molecular flexibility index (Phi) is 3.51. The monoisotopic (exact) mass is 226 g/mol. The summed E-state index contributed by atoms with van der Waals surface area (Å²) in [6.07, 6.45) is 1.91. The molecule has 0 amide bonds. The van der Waals surface area contributed by atoms with Gasteiger partial charge < -0.3 is 10.6 Å². The van der Waals surface area contributed by atoms with Crippen LogP contribution in [0.3, 0.4) is 0 Å². The highest BCUT2D eigenvalue weighted by molar-refractivity contribution is 5.22. The average Bonchev–Trinajstić information content (AvgIpc) is 2.28. The van der Waals surface area contributed by atoms with Crippen molar-refractivity contribution in [2.45, 2.75) is 24.9 Å². The van der Waals surface area contributed by atoms with E-state index in [0.717, 1.165) is 25.5 Å². The Morgan fingerprint density at radius 2 is 1.94 bits per heavy atom. The summed E-state index contributed by atoms with van der Waals surface area (Å²) in [6, 6.07) is 4.16. The molecule has 2 nitrogen and oxygen atoms in total. The smallest absolute Gasteiger partial charge is 0.126 e. The first kappa shape index (κ1) is 11.5. The van der Waals surface area contributed by atoms with Gasteiger partial charge in [0.05, 0.1) is 0 Å². The van der Waals surface area contributed by atoms with Crippen molar-refractivity contribution < 1.29 is 8.78 Å². The molecule has 0 unspecified atom stereocenters. The predicted octanol–water partition coefficient (Wildman–Crippen LogP) is 1.98. The summed E-state index contributed by atoms with van der Waals surface area (Å²) >= 11 is 0. The largest absolute Gasteiger partial charge is 0.317 e. The lowest BCUT2D eigenvalue weighted by atomic mass is 9.94. The van der Waals surface area contributed by atoms with Crippen LogP contribution in [-0.2, 0) is 0 Å². The summed E-state index contributed by atoms with van der Waals surface area (Å²) < 4.78 is 26.2. The SMILES string of the molecule is CN[C@@H]1CCN[C@H](c2cc(F)cc(F)c2)C1. The molecule has 1 aromatic rings. The molecule has 4 heteroatoms. The summed E-state index contributed by atoms with van der Waals surface area (Å²) in [6.45, 7) is 0.869. The topological polar surface area (TPSA) is 24.1 Å². The van der Waals surface area contributed by atoms with Gasteiger partial charge in [0, 0.05) is 18.2 Å². The number of piperidine rings is 1. The fourth-order valence-corrected chi connectivity index (χ4v) is 2.21. The zero-order valence-corrected chi connectivity index (χ0v) is 9.26. The molecule has 88 valence electrons. The second-order valence-electron chi connectivity index (χ2n) is 4.22. The van der Waals surface area contributed by atoms with Gasteiger partial charge in [-0.2, -0.15) is 0 Å². The summed E-state index contributed by atoms with van der Waals surface area (Å²) in [5.74, 6) is -1.02. The number of benzene rings is 1. The van der Waals surface area contributed by atoms with Crippen LogP contribution in [0.25, 0.3) is 0 Å². The maximum Gasteiger partial charge on any atom is 0.126 e. The molecule has 2 atom stereocenters. The molecule has 2 N–H and O–H groups in total. The highest BCUT2D eigenvalue weighted by Crippen LogP contribution is 2.24. The Balaban J connectivity index is 2.16. The van der Waals surface area contributed by atoms with E-state index in [1.54, 1.807) is 0 Å². The van der Waals surface area contributed by atoms with E-state index in [2.05, 4.69) is 10.6 Å². The van der Waals surface area contributed by atoms with Gasteiger partial charge in [-0.3, -0.25) is 0 Å². The highest BCUT2D eigenvalue weighted by Gasteiger charge is 2.22. The minimum absolute atomic E-state index is 0.0383. The molecule has 2 rings (SSSR count). The predicted molar refractivity (Wildman–Crippen MR) is 59.2 cm³/mol. The van der Waals surface area contributed by atoms with Crippen molar-refractivity contribution in [3.05, 3.63) is 35.4 Å². The van der Waals surface area contributed by atoms with Crippen LogP contribution < -0.4 is 10.6 Å². The summed E-state index contributed by atoms with van der Waals surface area (Å²) in [5.41, 5.74) is 0.692. The third-order valence-electron chi connectivity index (χ3n) is 3.10. The van der Waals surface area contributed by atoms with Gasteiger partial charge in [0.15, 0.2) is 0 Å². The zero-order chi connectivity index (χ0) is 11.5. The fraction of sp³-hybridized carbons (Fsp3) is 0.500. The minimum Gasteiger partial charge on any atom is -0.317 e. The van der Waals surface area contributed by atoms with E-state index < -0.39 is 11.6 Å². The van der Waals surface area contributed by atoms with Crippen molar-refractivity contribution in [1.82, 2.24) is 10.6 Å². The third kappa shape index (κ3) is 2.57. The molecule has 1 saturated heterocycles. The van der Waals surface area contributed by atoms with Gasteiger partial charge in [-0.25, -0.2) is 8.78 Å². The molecule has 0 aromatic heterocycles. The summed E-state index contributed by atoms with van der Waals surface area (Å²) in [4.78, 5) is 0. The molecule has 16 heavy (non-hydrogen) atoms. The van der Waals surface area contributed by atoms with E-state index in [4.69, 9.17) is 0 Å². The maximum atomic E-state index is 13.1. The average molecular weight is 226 g/mol. The fourth-order valence-electron chi connectivity index (χ4n) is 2.21. The quantitative estimate of drug-likeness (QED) is 0.805. The van der Waals surface area contributed by atoms with Crippen LogP contribution in [0.1, 0.15) is 24.4 Å². The van der Waals surface area contributed by atoms with Crippen LogP contribution in [0.5, 0.6) is 0 Å². The van der Waals surface area contributed by atoms with Gasteiger partial charge in [-0.1, -0.05) is 0 Å². The maximum absolute atomic E-state index is 13.1. The van der Waals surface area contributed by atoms with Crippen molar-refractivity contribution in [2.75, 3.05) is 13.6 Å². The molecule has 0 spiro atoms. The molecule has 1 aliphatic rings. The molecular formula is C12H16F2N2. The van der Waals surface area contributed by atoms with E-state index >= 15 is 0 Å². The van der Waals surface area contributed by atoms with E-state index in [-0.39, 0.29) is 6.04 Å². The van der Waals surface area contributed by atoms with Crippen molar-refractivity contribution in [3.63, 3.8) is 0 Å². The van der Waals surface area contributed by atoms with Crippen molar-refractivity contribution in [1.29, 1.82) is 0 Å². The third-order valence-corrected chi connectivity index (χ3v) is 3.10. The molecule has 0 saturated carbocycles. The zero-order valence-electron chi connectivity index (χ0n) is 9.26. The molecule has 0 radical (unpaired) electrons. The van der Waals surface area contributed by atoms with Crippen LogP contribution in [0.4, 0.5) is 8.78 Å². The van der Waals surface area contributed by atoms with Gasteiger partial charge in [-0.05, 0) is 44.1 Å². The van der Waals surface area contributed by atoms with E-state index in [1.807, 2.05) is 7.05 Å². The summed E-state index contributed by atoms with van der Waals surface area (Å²) in [5, 5.41) is 6.49. The standard InChI is InChI=1S/C12H16F2N2/c1-15-11-2-3-16-12(7-11)8-4-9(13)6-10(14)5-8/h4-6,11-12,15-16H,2-3,7H2,1H3/t11-,12+/m1/s1. The van der Waals surface area contributed by atoms with Crippen LogP contribution in [0, 0.1) is 11.6 Å². The number of hydrogen-bond donors (Lipinski definition) is 2. The van der Waals surface area contributed by atoms with Crippen LogP contribution in [-0.4, -0.2) is 19.6 Å². The van der Waals surface area contributed by atoms with Gasteiger partial charge in [0.1, 0.15) is 11.6 Å². The van der Waals surface area contributed by atoms with Gasteiger partial charge in [0.25, 0.3) is 0 Å². The minimum atomic E-state index is -0.511. The Morgan fingerprint density at radius 3 is 2.56 bits per heavy atom. The molecular weight excluding hydrogens is 210 g/mol.